The average molecular weight is 334 g/mol. The first-order valence-corrected chi connectivity index (χ1v) is 7.84. The van der Waals surface area contributed by atoms with Crippen LogP contribution >= 0.6 is 0 Å². The second kappa shape index (κ2) is 7.49. The molecule has 6 heteroatoms. The zero-order valence-corrected chi connectivity index (χ0v) is 14.1. The van der Waals surface area contributed by atoms with Crippen molar-refractivity contribution in [2.45, 2.75) is 32.8 Å². The van der Waals surface area contributed by atoms with Gasteiger partial charge in [-0.2, -0.15) is 0 Å². The Kier molecular flexibility index (Phi) is 5.62. The number of carbonyl (C=O) groups is 1. The summed E-state index contributed by atoms with van der Waals surface area (Å²) in [5, 5.41) is 15.8. The van der Waals surface area contributed by atoms with Gasteiger partial charge in [-0.25, -0.2) is 9.18 Å². The molecule has 1 atom stereocenters. The maximum atomic E-state index is 13.5. The first kappa shape index (κ1) is 18.0. The largest absolute Gasteiger partial charge is 0.466 e. The van der Waals surface area contributed by atoms with Crippen LogP contribution in [0.5, 0.6) is 0 Å². The average Bonchev–Trinajstić information content (AvgIpc) is 2.87. The maximum absolute atomic E-state index is 13.5. The van der Waals surface area contributed by atoms with Crippen molar-refractivity contribution in [3.05, 3.63) is 58.8 Å². The molecule has 2 rings (SSSR count). The van der Waals surface area contributed by atoms with E-state index < -0.39 is 11.6 Å². The van der Waals surface area contributed by atoms with E-state index in [0.29, 0.717) is 35.6 Å². The number of hydrogen-bond acceptors (Lipinski definition) is 3. The fraction of sp³-hybridized carbons (Fsp3) is 0.389. The minimum Gasteiger partial charge on any atom is -0.466 e. The van der Waals surface area contributed by atoms with Crippen molar-refractivity contribution >= 4 is 6.03 Å². The lowest BCUT2D eigenvalue weighted by Gasteiger charge is -2.23. The highest BCUT2D eigenvalue weighted by Crippen LogP contribution is 2.26. The summed E-state index contributed by atoms with van der Waals surface area (Å²) in [5.74, 6) is 1.05. The van der Waals surface area contributed by atoms with Gasteiger partial charge in [-0.05, 0) is 44.9 Å². The van der Waals surface area contributed by atoms with Crippen LogP contribution in [0.4, 0.5) is 9.18 Å². The number of halogens is 1. The van der Waals surface area contributed by atoms with Gasteiger partial charge in [-0.15, -0.1) is 0 Å². The van der Waals surface area contributed by atoms with Crippen LogP contribution in [0, 0.1) is 19.7 Å². The van der Waals surface area contributed by atoms with Crippen molar-refractivity contribution in [3.63, 3.8) is 0 Å². The Morgan fingerprint density at radius 3 is 2.62 bits per heavy atom. The summed E-state index contributed by atoms with van der Waals surface area (Å²) in [6.07, 6.45) is 0.399. The molecule has 0 aliphatic carbocycles. The number of furan rings is 1. The maximum Gasteiger partial charge on any atom is 0.314 e. The predicted octanol–water partition coefficient (Wildman–Crippen LogP) is 2.78. The van der Waals surface area contributed by atoms with Crippen molar-refractivity contribution in [1.82, 2.24) is 10.6 Å². The first-order chi connectivity index (χ1) is 11.3. The highest BCUT2D eigenvalue weighted by atomic mass is 19.1. The highest BCUT2D eigenvalue weighted by Gasteiger charge is 2.28. The number of nitrogens with one attached hydrogen (secondary N) is 2. The molecule has 2 amide bonds. The van der Waals surface area contributed by atoms with Crippen LogP contribution in [0.3, 0.4) is 0 Å². The van der Waals surface area contributed by atoms with Gasteiger partial charge in [0.1, 0.15) is 22.9 Å². The van der Waals surface area contributed by atoms with Gasteiger partial charge in [0, 0.05) is 12.1 Å². The third-order valence-electron chi connectivity index (χ3n) is 3.85. The number of aliphatic hydroxyl groups is 1. The lowest BCUT2D eigenvalue weighted by Crippen LogP contribution is -2.44. The monoisotopic (exact) mass is 334 g/mol. The SMILES string of the molecule is Cc1cc(C(C)(O)CNC(=O)NCCc2ccccc2F)c(C)o1. The summed E-state index contributed by atoms with van der Waals surface area (Å²) in [4.78, 5) is 11.8. The van der Waals surface area contributed by atoms with Crippen molar-refractivity contribution < 1.29 is 18.7 Å². The molecule has 1 heterocycles. The molecule has 5 nitrogen and oxygen atoms in total. The fourth-order valence-corrected chi connectivity index (χ4v) is 2.59. The Labute approximate surface area is 140 Å². The van der Waals surface area contributed by atoms with E-state index in [2.05, 4.69) is 10.6 Å². The van der Waals surface area contributed by atoms with Crippen molar-refractivity contribution in [1.29, 1.82) is 0 Å². The minimum atomic E-state index is -1.23. The van der Waals surface area contributed by atoms with E-state index in [1.807, 2.05) is 0 Å². The predicted molar refractivity (Wildman–Crippen MR) is 89.3 cm³/mol. The van der Waals surface area contributed by atoms with Crippen molar-refractivity contribution in [3.8, 4) is 0 Å². The van der Waals surface area contributed by atoms with Gasteiger partial charge < -0.3 is 20.2 Å². The lowest BCUT2D eigenvalue weighted by atomic mass is 9.96. The van der Waals surface area contributed by atoms with Gasteiger partial charge in [-0.1, -0.05) is 18.2 Å². The molecule has 0 radical (unpaired) electrons. The quantitative estimate of drug-likeness (QED) is 0.760. The molecule has 1 unspecified atom stereocenters. The molecule has 3 N–H and O–H groups in total. The van der Waals surface area contributed by atoms with E-state index in [1.165, 1.54) is 6.07 Å². The normalized spacial score (nSPS) is 13.4. The van der Waals surface area contributed by atoms with Crippen LogP contribution < -0.4 is 10.6 Å². The van der Waals surface area contributed by atoms with E-state index in [0.717, 1.165) is 0 Å². The standard InChI is InChI=1S/C18H23FN2O3/c1-12-10-15(13(2)24-12)18(3,23)11-21-17(22)20-9-8-14-6-4-5-7-16(14)19/h4-7,10,23H,8-9,11H2,1-3H3,(H2,20,21,22). The highest BCUT2D eigenvalue weighted by molar-refractivity contribution is 5.73. The molecule has 2 aromatic rings. The van der Waals surface area contributed by atoms with E-state index in [4.69, 9.17) is 4.42 Å². The smallest absolute Gasteiger partial charge is 0.314 e. The molecule has 0 aliphatic rings. The molecule has 1 aromatic carbocycles. The molecular weight excluding hydrogens is 311 g/mol. The molecule has 0 bridgehead atoms. The van der Waals surface area contributed by atoms with Crippen LogP contribution in [0.1, 0.15) is 29.6 Å². The molecular formula is C18H23FN2O3. The van der Waals surface area contributed by atoms with Gasteiger partial charge in [-0.3, -0.25) is 0 Å². The van der Waals surface area contributed by atoms with Crippen LogP contribution in [0.15, 0.2) is 34.7 Å². The molecule has 130 valence electrons. The zero-order valence-electron chi connectivity index (χ0n) is 14.1. The fourth-order valence-electron chi connectivity index (χ4n) is 2.59. The molecule has 1 aromatic heterocycles. The van der Waals surface area contributed by atoms with Gasteiger partial charge in [0.2, 0.25) is 0 Å². The number of hydrogen-bond donors (Lipinski definition) is 3. The molecule has 24 heavy (non-hydrogen) atoms. The number of carbonyl (C=O) groups excluding carboxylic acids is 1. The summed E-state index contributed by atoms with van der Waals surface area (Å²) < 4.78 is 18.9. The topological polar surface area (TPSA) is 74.5 Å². The second-order valence-electron chi connectivity index (χ2n) is 6.05. The lowest BCUT2D eigenvalue weighted by molar-refractivity contribution is 0.0579. The zero-order chi connectivity index (χ0) is 17.7. The third kappa shape index (κ3) is 4.58. The summed E-state index contributed by atoms with van der Waals surface area (Å²) in [6, 6.07) is 7.80. The number of rotatable bonds is 6. The number of urea groups is 1. The Hall–Kier alpha value is -2.34. The van der Waals surface area contributed by atoms with Crippen molar-refractivity contribution in [2.75, 3.05) is 13.1 Å². The summed E-state index contributed by atoms with van der Waals surface area (Å²) in [6.45, 7) is 5.53. The van der Waals surface area contributed by atoms with Crippen LogP contribution in [-0.2, 0) is 12.0 Å². The van der Waals surface area contributed by atoms with E-state index in [-0.39, 0.29) is 12.4 Å². The van der Waals surface area contributed by atoms with E-state index >= 15 is 0 Å². The van der Waals surface area contributed by atoms with E-state index in [1.54, 1.807) is 45.0 Å². The minimum absolute atomic E-state index is 0.0400. The van der Waals surface area contributed by atoms with Gasteiger partial charge in [0.25, 0.3) is 0 Å². The second-order valence-corrected chi connectivity index (χ2v) is 6.05. The Bertz CT molecular complexity index is 710. The van der Waals surface area contributed by atoms with Crippen molar-refractivity contribution in [2.24, 2.45) is 0 Å². The Morgan fingerprint density at radius 2 is 2.00 bits per heavy atom. The number of aryl methyl sites for hydroxylation is 2. The molecule has 0 fully saturated rings. The van der Waals surface area contributed by atoms with Crippen LogP contribution in [-0.4, -0.2) is 24.2 Å². The van der Waals surface area contributed by atoms with Gasteiger partial charge in [0.15, 0.2) is 0 Å². The molecule has 0 spiro atoms. The van der Waals surface area contributed by atoms with E-state index in [9.17, 15) is 14.3 Å². The number of benzene rings is 1. The third-order valence-corrected chi connectivity index (χ3v) is 3.85. The van der Waals surface area contributed by atoms with Crippen LogP contribution in [0.25, 0.3) is 0 Å². The molecule has 0 saturated carbocycles. The Morgan fingerprint density at radius 1 is 1.29 bits per heavy atom. The van der Waals surface area contributed by atoms with Crippen LogP contribution in [0.2, 0.25) is 0 Å². The summed E-state index contributed by atoms with van der Waals surface area (Å²) in [7, 11) is 0. The first-order valence-electron chi connectivity index (χ1n) is 7.84. The molecule has 0 saturated heterocycles. The Balaban J connectivity index is 1.80. The van der Waals surface area contributed by atoms with Gasteiger partial charge in [0.05, 0.1) is 6.54 Å². The summed E-state index contributed by atoms with van der Waals surface area (Å²) in [5.41, 5.74) is -0.0361. The molecule has 0 aliphatic heterocycles. The van der Waals surface area contributed by atoms with Gasteiger partial charge >= 0.3 is 6.03 Å². The summed E-state index contributed by atoms with van der Waals surface area (Å²) >= 11 is 0. The number of amides is 2.